The van der Waals surface area contributed by atoms with Gasteiger partial charge in [0.2, 0.25) is 5.91 Å². The highest BCUT2D eigenvalue weighted by Gasteiger charge is 2.22. The standard InChI is InChI=1S/C11H12N2O3S/c14-10(9-5-17-6-12-9)13-8-3-1-7(2-4-8)11(15)16/h1-4,9,12H,5-6H2,(H,13,14)(H,15,16). The summed E-state index contributed by atoms with van der Waals surface area (Å²) in [6, 6.07) is 5.94. The lowest BCUT2D eigenvalue weighted by atomic mass is 10.2. The smallest absolute Gasteiger partial charge is 0.335 e. The van der Waals surface area contributed by atoms with E-state index >= 15 is 0 Å². The van der Waals surface area contributed by atoms with Gasteiger partial charge in [0.25, 0.3) is 0 Å². The SMILES string of the molecule is O=C(O)c1ccc(NC(=O)C2CSCN2)cc1. The third kappa shape index (κ3) is 2.98. The summed E-state index contributed by atoms with van der Waals surface area (Å²) >= 11 is 1.68. The van der Waals surface area contributed by atoms with Gasteiger partial charge in [-0.05, 0) is 24.3 Å². The van der Waals surface area contributed by atoms with E-state index in [9.17, 15) is 9.59 Å². The number of aromatic carboxylic acids is 1. The molecule has 1 unspecified atom stereocenters. The molecule has 2 rings (SSSR count). The fourth-order valence-corrected chi connectivity index (χ4v) is 2.43. The summed E-state index contributed by atoms with van der Waals surface area (Å²) in [6.45, 7) is 0. The van der Waals surface area contributed by atoms with Gasteiger partial charge >= 0.3 is 5.97 Å². The predicted octanol–water partition coefficient (Wildman–Crippen LogP) is 0.986. The minimum Gasteiger partial charge on any atom is -0.478 e. The summed E-state index contributed by atoms with van der Waals surface area (Å²) in [7, 11) is 0. The molecule has 1 aromatic rings. The number of carbonyl (C=O) groups excluding carboxylic acids is 1. The van der Waals surface area contributed by atoms with Crippen LogP contribution in [0.3, 0.4) is 0 Å². The van der Waals surface area contributed by atoms with E-state index in [2.05, 4.69) is 10.6 Å². The number of anilines is 1. The van der Waals surface area contributed by atoms with Crippen LogP contribution in [0.15, 0.2) is 24.3 Å². The lowest BCUT2D eigenvalue weighted by molar-refractivity contribution is -0.117. The molecule has 0 aromatic heterocycles. The van der Waals surface area contributed by atoms with Gasteiger partial charge in [0, 0.05) is 17.3 Å². The molecular formula is C11H12N2O3S. The van der Waals surface area contributed by atoms with Crippen molar-refractivity contribution >= 4 is 29.3 Å². The van der Waals surface area contributed by atoms with E-state index in [4.69, 9.17) is 5.11 Å². The molecule has 90 valence electrons. The fraction of sp³-hybridized carbons (Fsp3) is 0.273. The van der Waals surface area contributed by atoms with Crippen molar-refractivity contribution in [2.75, 3.05) is 16.9 Å². The Morgan fingerprint density at radius 1 is 1.35 bits per heavy atom. The van der Waals surface area contributed by atoms with Gasteiger partial charge in [-0.25, -0.2) is 4.79 Å². The van der Waals surface area contributed by atoms with Gasteiger partial charge in [0.15, 0.2) is 0 Å². The second-order valence-electron chi connectivity index (χ2n) is 3.64. The Labute approximate surface area is 103 Å². The quantitative estimate of drug-likeness (QED) is 0.747. The first-order valence-corrected chi connectivity index (χ1v) is 6.27. The van der Waals surface area contributed by atoms with Crippen molar-refractivity contribution in [1.82, 2.24) is 5.32 Å². The number of carboxylic acid groups (broad SMARTS) is 1. The van der Waals surface area contributed by atoms with Crippen molar-refractivity contribution in [1.29, 1.82) is 0 Å². The van der Waals surface area contributed by atoms with Crippen LogP contribution in [0.2, 0.25) is 0 Å². The van der Waals surface area contributed by atoms with Crippen LogP contribution in [0.4, 0.5) is 5.69 Å². The average molecular weight is 252 g/mol. The van der Waals surface area contributed by atoms with E-state index in [1.54, 1.807) is 23.9 Å². The van der Waals surface area contributed by atoms with E-state index in [-0.39, 0.29) is 17.5 Å². The molecule has 1 aliphatic heterocycles. The first kappa shape index (κ1) is 11.9. The van der Waals surface area contributed by atoms with Crippen molar-refractivity contribution < 1.29 is 14.7 Å². The Morgan fingerprint density at radius 2 is 2.06 bits per heavy atom. The number of amides is 1. The first-order valence-electron chi connectivity index (χ1n) is 5.12. The third-order valence-corrected chi connectivity index (χ3v) is 3.37. The zero-order chi connectivity index (χ0) is 12.3. The van der Waals surface area contributed by atoms with Crippen molar-refractivity contribution in [3.8, 4) is 0 Å². The highest BCUT2D eigenvalue weighted by molar-refractivity contribution is 7.99. The summed E-state index contributed by atoms with van der Waals surface area (Å²) < 4.78 is 0. The largest absolute Gasteiger partial charge is 0.478 e. The van der Waals surface area contributed by atoms with Gasteiger partial charge in [-0.3, -0.25) is 10.1 Å². The number of hydrogen-bond donors (Lipinski definition) is 3. The zero-order valence-corrected chi connectivity index (χ0v) is 9.79. The topological polar surface area (TPSA) is 78.4 Å². The van der Waals surface area contributed by atoms with Gasteiger partial charge in [-0.1, -0.05) is 0 Å². The Morgan fingerprint density at radius 3 is 2.59 bits per heavy atom. The van der Waals surface area contributed by atoms with Crippen molar-refractivity contribution in [3.63, 3.8) is 0 Å². The number of rotatable bonds is 3. The number of carboxylic acids is 1. The molecule has 0 bridgehead atoms. The van der Waals surface area contributed by atoms with E-state index in [1.807, 2.05) is 0 Å². The maximum absolute atomic E-state index is 11.7. The lowest BCUT2D eigenvalue weighted by Gasteiger charge is -2.10. The molecule has 5 nitrogen and oxygen atoms in total. The fourth-order valence-electron chi connectivity index (χ4n) is 1.49. The number of hydrogen-bond acceptors (Lipinski definition) is 4. The van der Waals surface area contributed by atoms with Crippen LogP contribution in [0.25, 0.3) is 0 Å². The summed E-state index contributed by atoms with van der Waals surface area (Å²) in [5, 5.41) is 14.5. The van der Waals surface area contributed by atoms with Gasteiger partial charge in [-0.15, -0.1) is 11.8 Å². The Hall–Kier alpha value is -1.53. The highest BCUT2D eigenvalue weighted by Crippen LogP contribution is 2.13. The van der Waals surface area contributed by atoms with Crippen LogP contribution in [0, 0.1) is 0 Å². The number of benzene rings is 1. The normalized spacial score (nSPS) is 18.9. The lowest BCUT2D eigenvalue weighted by Crippen LogP contribution is -2.37. The van der Waals surface area contributed by atoms with Crippen LogP contribution in [-0.4, -0.2) is 34.7 Å². The van der Waals surface area contributed by atoms with Crippen LogP contribution in [-0.2, 0) is 4.79 Å². The number of thioether (sulfide) groups is 1. The maximum atomic E-state index is 11.7. The predicted molar refractivity (Wildman–Crippen MR) is 66.3 cm³/mol. The van der Waals surface area contributed by atoms with Crippen LogP contribution >= 0.6 is 11.8 Å². The molecule has 0 radical (unpaired) electrons. The van der Waals surface area contributed by atoms with Gasteiger partial charge in [-0.2, -0.15) is 0 Å². The molecule has 3 N–H and O–H groups in total. The summed E-state index contributed by atoms with van der Waals surface area (Å²) in [6.07, 6.45) is 0. The Kier molecular flexibility index (Phi) is 3.65. The molecule has 0 spiro atoms. The summed E-state index contributed by atoms with van der Waals surface area (Å²) in [5.41, 5.74) is 0.816. The third-order valence-electron chi connectivity index (χ3n) is 2.43. The van der Waals surface area contributed by atoms with Crippen LogP contribution in [0.5, 0.6) is 0 Å². The molecule has 0 aliphatic carbocycles. The minimum absolute atomic E-state index is 0.0851. The molecule has 17 heavy (non-hydrogen) atoms. The first-order chi connectivity index (χ1) is 8.16. The molecular weight excluding hydrogens is 240 g/mol. The molecule has 1 heterocycles. The van der Waals surface area contributed by atoms with Gasteiger partial charge in [0.05, 0.1) is 11.6 Å². The van der Waals surface area contributed by atoms with Gasteiger partial charge in [0.1, 0.15) is 0 Å². The molecule has 1 aliphatic rings. The van der Waals surface area contributed by atoms with E-state index in [1.165, 1.54) is 12.1 Å². The molecule has 1 aromatic carbocycles. The van der Waals surface area contributed by atoms with E-state index in [0.29, 0.717) is 5.69 Å². The monoisotopic (exact) mass is 252 g/mol. The average Bonchev–Trinajstić information content (AvgIpc) is 2.83. The second-order valence-corrected chi connectivity index (χ2v) is 4.67. The van der Waals surface area contributed by atoms with Crippen molar-refractivity contribution in [3.05, 3.63) is 29.8 Å². The molecule has 1 fully saturated rings. The zero-order valence-electron chi connectivity index (χ0n) is 8.97. The number of nitrogens with one attached hydrogen (secondary N) is 2. The molecule has 1 amide bonds. The van der Waals surface area contributed by atoms with Crippen LogP contribution < -0.4 is 10.6 Å². The molecule has 6 heteroatoms. The van der Waals surface area contributed by atoms with E-state index in [0.717, 1.165) is 11.6 Å². The summed E-state index contributed by atoms with van der Waals surface area (Å²) in [5.74, 6) is 0.490. The van der Waals surface area contributed by atoms with E-state index < -0.39 is 5.97 Å². The van der Waals surface area contributed by atoms with Crippen molar-refractivity contribution in [2.45, 2.75) is 6.04 Å². The van der Waals surface area contributed by atoms with Crippen molar-refractivity contribution in [2.24, 2.45) is 0 Å². The Balaban J connectivity index is 1.98. The highest BCUT2D eigenvalue weighted by atomic mass is 32.2. The number of carbonyl (C=O) groups is 2. The minimum atomic E-state index is -0.975. The molecule has 1 saturated heterocycles. The van der Waals surface area contributed by atoms with Gasteiger partial charge < -0.3 is 10.4 Å². The Bertz CT molecular complexity index is 427. The summed E-state index contributed by atoms with van der Waals surface area (Å²) in [4.78, 5) is 22.4. The second kappa shape index (κ2) is 5.20. The molecule has 0 saturated carbocycles. The van der Waals surface area contributed by atoms with Crippen LogP contribution in [0.1, 0.15) is 10.4 Å². The molecule has 1 atom stereocenters. The maximum Gasteiger partial charge on any atom is 0.335 e.